The van der Waals surface area contributed by atoms with Gasteiger partial charge in [-0.25, -0.2) is 0 Å². The maximum Gasteiger partial charge on any atom is 0.246 e. The van der Waals surface area contributed by atoms with Gasteiger partial charge < -0.3 is 19.3 Å². The Balaban J connectivity index is 1.72. The molecule has 1 aliphatic heterocycles. The summed E-state index contributed by atoms with van der Waals surface area (Å²) in [5.41, 5.74) is 0. The van der Waals surface area contributed by atoms with Gasteiger partial charge in [-0.1, -0.05) is 5.16 Å². The van der Waals surface area contributed by atoms with Crippen molar-refractivity contribution < 1.29 is 14.0 Å². The lowest BCUT2D eigenvalue weighted by atomic mass is 10.2. The summed E-state index contributed by atoms with van der Waals surface area (Å²) in [7, 11) is 1.70. The quantitative estimate of drug-likeness (QED) is 0.839. The molecule has 1 saturated carbocycles. The highest BCUT2D eigenvalue weighted by atomic mass is 16.5. The van der Waals surface area contributed by atoms with Gasteiger partial charge in [0.15, 0.2) is 0 Å². The van der Waals surface area contributed by atoms with E-state index in [9.17, 15) is 0 Å². The molecule has 3 rings (SSSR count). The van der Waals surface area contributed by atoms with Gasteiger partial charge in [0, 0.05) is 13.7 Å². The highest BCUT2D eigenvalue weighted by Crippen LogP contribution is 2.42. The molecule has 6 heteroatoms. The van der Waals surface area contributed by atoms with Crippen LogP contribution in [-0.4, -0.2) is 37.0 Å². The Labute approximate surface area is 99.7 Å². The van der Waals surface area contributed by atoms with Crippen molar-refractivity contribution in [3.8, 4) is 0 Å². The molecule has 0 amide bonds. The van der Waals surface area contributed by atoms with E-state index in [2.05, 4.69) is 15.5 Å². The van der Waals surface area contributed by atoms with Crippen molar-refractivity contribution >= 4 is 0 Å². The second kappa shape index (κ2) is 4.72. The lowest BCUT2D eigenvalue weighted by molar-refractivity contribution is 0.0657. The van der Waals surface area contributed by atoms with Crippen LogP contribution in [-0.2, 0) is 9.47 Å². The van der Waals surface area contributed by atoms with Crippen LogP contribution < -0.4 is 5.32 Å². The first-order chi connectivity index (χ1) is 8.38. The molecule has 17 heavy (non-hydrogen) atoms. The number of aromatic nitrogens is 2. The van der Waals surface area contributed by atoms with E-state index in [4.69, 9.17) is 14.0 Å². The molecule has 1 aromatic rings. The fraction of sp³-hybridized carbons (Fsp3) is 0.818. The normalized spacial score (nSPS) is 27.0. The zero-order chi connectivity index (χ0) is 11.7. The summed E-state index contributed by atoms with van der Waals surface area (Å²) in [6, 6.07) is 0.0155. The van der Waals surface area contributed by atoms with Crippen LogP contribution in [0.15, 0.2) is 4.52 Å². The molecule has 2 fully saturated rings. The van der Waals surface area contributed by atoms with E-state index in [-0.39, 0.29) is 12.1 Å². The summed E-state index contributed by atoms with van der Waals surface area (Å²) in [6.07, 6.45) is 2.36. The monoisotopic (exact) mass is 239 g/mol. The molecule has 0 aromatic carbocycles. The van der Waals surface area contributed by atoms with Gasteiger partial charge in [-0.05, 0) is 18.8 Å². The topological polar surface area (TPSA) is 69.4 Å². The zero-order valence-electron chi connectivity index (χ0n) is 9.89. The van der Waals surface area contributed by atoms with Gasteiger partial charge in [-0.2, -0.15) is 4.98 Å². The Morgan fingerprint density at radius 3 is 3.00 bits per heavy atom. The highest BCUT2D eigenvalue weighted by molar-refractivity contribution is 5.01. The van der Waals surface area contributed by atoms with Gasteiger partial charge in [0.2, 0.25) is 11.7 Å². The van der Waals surface area contributed by atoms with E-state index in [0.717, 1.165) is 13.2 Å². The number of nitrogens with zero attached hydrogens (tertiary/aromatic N) is 2. The van der Waals surface area contributed by atoms with Crippen molar-refractivity contribution in [2.75, 3.05) is 26.9 Å². The molecule has 2 heterocycles. The lowest BCUT2D eigenvalue weighted by Gasteiger charge is -2.20. The Bertz CT molecular complexity index is 372. The number of methoxy groups -OCH3 is 1. The molecule has 0 radical (unpaired) electrons. The van der Waals surface area contributed by atoms with E-state index in [1.807, 2.05) is 0 Å². The minimum Gasteiger partial charge on any atom is -0.378 e. The first kappa shape index (κ1) is 11.1. The first-order valence-corrected chi connectivity index (χ1v) is 6.06. The van der Waals surface area contributed by atoms with Crippen LogP contribution in [0.1, 0.15) is 36.7 Å². The second-order valence-corrected chi connectivity index (χ2v) is 4.57. The molecule has 6 nitrogen and oxygen atoms in total. The average Bonchev–Trinajstić information content (AvgIpc) is 3.09. The summed E-state index contributed by atoms with van der Waals surface area (Å²) in [5, 5.41) is 7.31. The van der Waals surface area contributed by atoms with Gasteiger partial charge in [0.1, 0.15) is 12.1 Å². The third-order valence-corrected chi connectivity index (χ3v) is 3.24. The first-order valence-electron chi connectivity index (χ1n) is 6.06. The molecule has 94 valence electrons. The van der Waals surface area contributed by atoms with Gasteiger partial charge in [-0.15, -0.1) is 0 Å². The van der Waals surface area contributed by atoms with Crippen molar-refractivity contribution in [1.82, 2.24) is 15.5 Å². The molecular formula is C11H17N3O3. The molecule has 1 N–H and O–H groups in total. The smallest absolute Gasteiger partial charge is 0.246 e. The lowest BCUT2D eigenvalue weighted by Crippen LogP contribution is -2.34. The molecule has 0 bridgehead atoms. The van der Waals surface area contributed by atoms with Crippen LogP contribution in [0.2, 0.25) is 0 Å². The maximum atomic E-state index is 5.42. The predicted molar refractivity (Wildman–Crippen MR) is 58.3 cm³/mol. The summed E-state index contributed by atoms with van der Waals surface area (Å²) in [5.74, 6) is 1.82. The van der Waals surface area contributed by atoms with E-state index in [0.29, 0.717) is 24.2 Å². The number of hydrogen-bond donors (Lipinski definition) is 1. The average molecular weight is 239 g/mol. The third-order valence-electron chi connectivity index (χ3n) is 3.24. The molecule has 1 saturated heterocycles. The largest absolute Gasteiger partial charge is 0.378 e. The van der Waals surface area contributed by atoms with E-state index >= 15 is 0 Å². The molecule has 2 atom stereocenters. The van der Waals surface area contributed by atoms with Crippen molar-refractivity contribution in [1.29, 1.82) is 0 Å². The summed E-state index contributed by atoms with van der Waals surface area (Å²) in [4.78, 5) is 4.42. The summed E-state index contributed by atoms with van der Waals surface area (Å²) >= 11 is 0. The van der Waals surface area contributed by atoms with Crippen LogP contribution in [0.25, 0.3) is 0 Å². The van der Waals surface area contributed by atoms with E-state index in [1.54, 1.807) is 7.11 Å². The third kappa shape index (κ3) is 2.34. The number of rotatable bonds is 4. The van der Waals surface area contributed by atoms with Gasteiger partial charge >= 0.3 is 0 Å². The second-order valence-electron chi connectivity index (χ2n) is 4.57. The molecule has 0 spiro atoms. The number of nitrogens with one attached hydrogen (secondary N) is 1. The summed E-state index contributed by atoms with van der Waals surface area (Å²) < 4.78 is 16.1. The minimum atomic E-state index is -0.0167. The zero-order valence-corrected chi connectivity index (χ0v) is 9.89. The van der Waals surface area contributed by atoms with Crippen molar-refractivity contribution in [2.45, 2.75) is 25.0 Å². The van der Waals surface area contributed by atoms with Gasteiger partial charge in [-0.3, -0.25) is 0 Å². The predicted octanol–water partition coefficient (Wildman–Crippen LogP) is 0.828. The van der Waals surface area contributed by atoms with E-state index < -0.39 is 0 Å². The SMILES string of the molecule is COC(c1noc(C2COCCN2)n1)C1CC1. The van der Waals surface area contributed by atoms with Crippen molar-refractivity contribution in [3.63, 3.8) is 0 Å². The fourth-order valence-corrected chi connectivity index (χ4v) is 2.14. The van der Waals surface area contributed by atoms with Gasteiger partial charge in [0.05, 0.1) is 13.2 Å². The Morgan fingerprint density at radius 1 is 1.47 bits per heavy atom. The molecule has 2 unspecified atom stereocenters. The van der Waals surface area contributed by atoms with Crippen LogP contribution in [0, 0.1) is 5.92 Å². The van der Waals surface area contributed by atoms with Crippen LogP contribution in [0.4, 0.5) is 0 Å². The number of hydrogen-bond acceptors (Lipinski definition) is 6. The highest BCUT2D eigenvalue weighted by Gasteiger charge is 2.36. The molecule has 1 aromatic heterocycles. The number of ether oxygens (including phenoxy) is 2. The molecular weight excluding hydrogens is 222 g/mol. The Morgan fingerprint density at radius 2 is 2.35 bits per heavy atom. The molecule has 1 aliphatic carbocycles. The van der Waals surface area contributed by atoms with Crippen LogP contribution in [0.5, 0.6) is 0 Å². The van der Waals surface area contributed by atoms with Crippen molar-refractivity contribution in [3.05, 3.63) is 11.7 Å². The van der Waals surface area contributed by atoms with Crippen LogP contribution in [0.3, 0.4) is 0 Å². The molecule has 2 aliphatic rings. The van der Waals surface area contributed by atoms with Crippen LogP contribution >= 0.6 is 0 Å². The summed E-state index contributed by atoms with van der Waals surface area (Å²) in [6.45, 7) is 2.14. The van der Waals surface area contributed by atoms with Gasteiger partial charge in [0.25, 0.3) is 0 Å². The Hall–Kier alpha value is -0.980. The fourth-order valence-electron chi connectivity index (χ4n) is 2.14. The van der Waals surface area contributed by atoms with Crippen molar-refractivity contribution in [2.24, 2.45) is 5.92 Å². The van der Waals surface area contributed by atoms with E-state index in [1.165, 1.54) is 12.8 Å². The number of morpholine rings is 1. The Kier molecular flexibility index (Phi) is 3.09. The minimum absolute atomic E-state index is 0.0155. The maximum absolute atomic E-state index is 5.42. The standard InChI is InChI=1S/C11H17N3O3/c1-15-9(7-2-3-7)10-13-11(17-14-10)8-6-16-5-4-12-8/h7-9,12H,2-6H2,1H3.